The second kappa shape index (κ2) is 12.8. The van der Waals surface area contributed by atoms with Crippen LogP contribution >= 0.6 is 0 Å². The fourth-order valence-corrected chi connectivity index (χ4v) is 0.283. The number of rotatable bonds is 4. The van der Waals surface area contributed by atoms with Crippen molar-refractivity contribution in [1.82, 2.24) is 5.32 Å². The number of aliphatic hydroxyl groups excluding tert-OH is 2. The van der Waals surface area contributed by atoms with E-state index in [1.807, 2.05) is 0 Å². The molecule has 0 aliphatic rings. The summed E-state index contributed by atoms with van der Waals surface area (Å²) in [7, 11) is -4.67. The molecule has 78 valence electrons. The van der Waals surface area contributed by atoms with Gasteiger partial charge in [-0.15, -0.1) is 0 Å². The van der Waals surface area contributed by atoms with Crippen molar-refractivity contribution in [2.75, 3.05) is 26.3 Å². The molecule has 0 spiro atoms. The molecule has 0 aromatic rings. The van der Waals surface area contributed by atoms with E-state index in [0.717, 1.165) is 0 Å². The molecule has 9 heteroatoms. The fraction of sp³-hybridized carbons (Fsp3) is 1.00. The van der Waals surface area contributed by atoms with Gasteiger partial charge in [0.1, 0.15) is 0 Å². The molecular weight excluding hydrogens is 213 g/mol. The van der Waals surface area contributed by atoms with Crippen LogP contribution in [0.3, 0.4) is 0 Å². The SMILES string of the molecule is O=S(=O)(O)O.OCCNCCO.[NaH]. The minimum absolute atomic E-state index is 0. The molecule has 0 radical (unpaired) electrons. The van der Waals surface area contributed by atoms with Gasteiger partial charge in [-0.1, -0.05) is 0 Å². The first-order valence-corrected chi connectivity index (χ1v) is 4.44. The third kappa shape index (κ3) is 65.3. The van der Waals surface area contributed by atoms with E-state index in [1.165, 1.54) is 0 Å². The van der Waals surface area contributed by atoms with Crippen LogP contribution in [-0.4, -0.2) is 83.6 Å². The molecule has 0 aromatic heterocycles. The van der Waals surface area contributed by atoms with Crippen molar-refractivity contribution in [3.63, 3.8) is 0 Å². The standard InChI is InChI=1S/C4H11NO2.Na.H2O4S.H/c6-3-1-5-2-4-7;;1-5(2,3)4;/h5-7H,1-4H2;;(H2,1,2,3,4);. The molecule has 0 aliphatic carbocycles. The summed E-state index contributed by atoms with van der Waals surface area (Å²) in [5.74, 6) is 0. The van der Waals surface area contributed by atoms with Crippen molar-refractivity contribution in [2.45, 2.75) is 0 Å². The molecular formula is C4H14NNaO6S. The van der Waals surface area contributed by atoms with Crippen LogP contribution in [-0.2, 0) is 10.4 Å². The third-order valence-corrected chi connectivity index (χ3v) is 0.577. The van der Waals surface area contributed by atoms with Gasteiger partial charge >= 0.3 is 40.0 Å². The van der Waals surface area contributed by atoms with Gasteiger partial charge in [-0.25, -0.2) is 0 Å². The van der Waals surface area contributed by atoms with Crippen LogP contribution in [0, 0.1) is 0 Å². The summed E-state index contributed by atoms with van der Waals surface area (Å²) in [5.41, 5.74) is 0. The Bertz CT molecular complexity index is 159. The van der Waals surface area contributed by atoms with Gasteiger partial charge in [-0.05, 0) is 0 Å². The molecule has 0 aromatic carbocycles. The Kier molecular flexibility index (Phi) is 19.0. The molecule has 7 nitrogen and oxygen atoms in total. The van der Waals surface area contributed by atoms with Gasteiger partial charge in [-0.2, -0.15) is 8.42 Å². The van der Waals surface area contributed by atoms with Gasteiger partial charge in [0, 0.05) is 13.1 Å². The molecule has 0 fully saturated rings. The first-order chi connectivity index (χ1) is 5.41. The van der Waals surface area contributed by atoms with Gasteiger partial charge in [0.05, 0.1) is 13.2 Å². The summed E-state index contributed by atoms with van der Waals surface area (Å²) >= 11 is 0. The summed E-state index contributed by atoms with van der Waals surface area (Å²) < 4.78 is 31.6. The molecule has 0 rings (SSSR count). The Morgan fingerprint density at radius 1 is 1.00 bits per heavy atom. The van der Waals surface area contributed by atoms with Crippen LogP contribution in [0.25, 0.3) is 0 Å². The molecule has 0 amide bonds. The zero-order valence-electron chi connectivity index (χ0n) is 6.34. The van der Waals surface area contributed by atoms with Crippen molar-refractivity contribution >= 4 is 40.0 Å². The summed E-state index contributed by atoms with van der Waals surface area (Å²) in [6.07, 6.45) is 0. The summed E-state index contributed by atoms with van der Waals surface area (Å²) in [6, 6.07) is 0. The minimum atomic E-state index is -4.67. The number of hydrogen-bond acceptors (Lipinski definition) is 5. The third-order valence-electron chi connectivity index (χ3n) is 0.577. The predicted molar refractivity (Wildman–Crippen MR) is 48.4 cm³/mol. The average molecular weight is 227 g/mol. The Balaban J connectivity index is -0.000000150. The Morgan fingerprint density at radius 2 is 1.23 bits per heavy atom. The molecule has 0 heterocycles. The normalized spacial score (nSPS) is 9.54. The number of nitrogens with one attached hydrogen (secondary N) is 1. The average Bonchev–Trinajstić information content (AvgIpc) is 1.85. The first-order valence-electron chi connectivity index (χ1n) is 3.04. The van der Waals surface area contributed by atoms with Crippen LogP contribution in [0.2, 0.25) is 0 Å². The van der Waals surface area contributed by atoms with Crippen molar-refractivity contribution in [2.24, 2.45) is 0 Å². The maximum atomic E-state index is 8.74. The summed E-state index contributed by atoms with van der Waals surface area (Å²) in [5, 5.41) is 19.1. The molecule has 0 bridgehead atoms. The Labute approximate surface area is 99.0 Å². The quantitative estimate of drug-likeness (QED) is 0.200. The van der Waals surface area contributed by atoms with Crippen LogP contribution in [0.4, 0.5) is 0 Å². The van der Waals surface area contributed by atoms with Crippen LogP contribution < -0.4 is 5.32 Å². The summed E-state index contributed by atoms with van der Waals surface area (Å²) in [4.78, 5) is 0. The molecule has 0 saturated heterocycles. The number of aliphatic hydroxyl groups is 2. The molecule has 0 unspecified atom stereocenters. The van der Waals surface area contributed by atoms with E-state index in [-0.39, 0.29) is 42.8 Å². The van der Waals surface area contributed by atoms with Gasteiger partial charge < -0.3 is 15.5 Å². The van der Waals surface area contributed by atoms with Gasteiger partial charge in [0.25, 0.3) is 0 Å². The fourth-order valence-electron chi connectivity index (χ4n) is 0.283. The van der Waals surface area contributed by atoms with Crippen molar-refractivity contribution < 1.29 is 27.7 Å². The van der Waals surface area contributed by atoms with E-state index in [1.54, 1.807) is 0 Å². The molecule has 13 heavy (non-hydrogen) atoms. The van der Waals surface area contributed by atoms with E-state index < -0.39 is 10.4 Å². The van der Waals surface area contributed by atoms with E-state index >= 15 is 0 Å². The van der Waals surface area contributed by atoms with E-state index in [0.29, 0.717) is 13.1 Å². The van der Waals surface area contributed by atoms with E-state index in [4.69, 9.17) is 27.7 Å². The van der Waals surface area contributed by atoms with E-state index in [9.17, 15) is 0 Å². The zero-order chi connectivity index (χ0) is 10.0. The van der Waals surface area contributed by atoms with Crippen LogP contribution in [0.5, 0.6) is 0 Å². The van der Waals surface area contributed by atoms with E-state index in [2.05, 4.69) is 5.32 Å². The summed E-state index contributed by atoms with van der Waals surface area (Å²) in [6.45, 7) is 1.42. The molecule has 5 N–H and O–H groups in total. The van der Waals surface area contributed by atoms with Crippen LogP contribution in [0.1, 0.15) is 0 Å². The monoisotopic (exact) mass is 227 g/mol. The zero-order valence-corrected chi connectivity index (χ0v) is 7.16. The second-order valence-electron chi connectivity index (χ2n) is 1.65. The number of hydrogen-bond donors (Lipinski definition) is 5. The van der Waals surface area contributed by atoms with Gasteiger partial charge in [-0.3, -0.25) is 9.11 Å². The molecule has 0 aliphatic heterocycles. The predicted octanol–water partition coefficient (Wildman–Crippen LogP) is -2.74. The molecule has 0 atom stereocenters. The Morgan fingerprint density at radius 3 is 1.38 bits per heavy atom. The van der Waals surface area contributed by atoms with Gasteiger partial charge in [0.2, 0.25) is 0 Å². The Hall–Kier alpha value is 0.750. The topological polar surface area (TPSA) is 127 Å². The van der Waals surface area contributed by atoms with Crippen LogP contribution in [0.15, 0.2) is 0 Å². The van der Waals surface area contributed by atoms with Crippen molar-refractivity contribution in [1.29, 1.82) is 0 Å². The van der Waals surface area contributed by atoms with Crippen molar-refractivity contribution in [3.8, 4) is 0 Å². The maximum absolute atomic E-state index is 8.74. The molecule has 0 saturated carbocycles. The van der Waals surface area contributed by atoms with Gasteiger partial charge in [0.15, 0.2) is 0 Å². The first kappa shape index (κ1) is 19.3. The second-order valence-corrected chi connectivity index (χ2v) is 2.54. The van der Waals surface area contributed by atoms with Crippen molar-refractivity contribution in [3.05, 3.63) is 0 Å².